The number of ether oxygens (including phenoxy) is 4. The molecule has 2 N–H and O–H groups in total. The molecule has 344 valence electrons. The third-order valence-corrected chi connectivity index (χ3v) is 10.5. The zero-order valence-corrected chi connectivity index (χ0v) is 41.6. The van der Waals surface area contributed by atoms with E-state index in [0.717, 1.165) is 6.54 Å². The number of esters is 4. The van der Waals surface area contributed by atoms with Crippen molar-refractivity contribution in [1.29, 1.82) is 0 Å². The number of halogens is 1. The van der Waals surface area contributed by atoms with Crippen molar-refractivity contribution in [3.63, 3.8) is 0 Å². The zero-order valence-electron chi connectivity index (χ0n) is 36.4. The third kappa shape index (κ3) is 35.6. The molecule has 0 bridgehead atoms. The number of aliphatic hydroxyl groups excluding tert-OH is 2. The van der Waals surface area contributed by atoms with Crippen molar-refractivity contribution in [2.45, 2.75) is 60.4 Å². The van der Waals surface area contributed by atoms with Gasteiger partial charge in [-0.25, -0.2) is 18.0 Å². The van der Waals surface area contributed by atoms with Gasteiger partial charge in [0.1, 0.15) is 33.0 Å². The second kappa shape index (κ2) is 32.5. The number of hydrogen-bond donors (Lipinski definition) is 2. The van der Waals surface area contributed by atoms with E-state index in [0.29, 0.717) is 48.4 Å². The summed E-state index contributed by atoms with van der Waals surface area (Å²) in [5.74, 6) is -1.94. The normalized spacial score (nSPS) is 14.2. The molecule has 58 heavy (non-hydrogen) atoms. The van der Waals surface area contributed by atoms with Gasteiger partial charge >= 0.3 is 23.9 Å². The molecule has 1 unspecified atom stereocenters. The van der Waals surface area contributed by atoms with Gasteiger partial charge in [-0.2, -0.15) is 8.42 Å². The Morgan fingerprint density at radius 3 is 1.71 bits per heavy atom. The van der Waals surface area contributed by atoms with E-state index in [1.807, 2.05) is 33.1 Å². The Morgan fingerprint density at radius 1 is 0.879 bits per heavy atom. The van der Waals surface area contributed by atoms with Crippen LogP contribution in [0.5, 0.6) is 0 Å². The van der Waals surface area contributed by atoms with Gasteiger partial charge in [0, 0.05) is 35.2 Å². The molecule has 1 atom stereocenters. The van der Waals surface area contributed by atoms with E-state index in [9.17, 15) is 40.6 Å². The summed E-state index contributed by atoms with van der Waals surface area (Å²) in [5.41, 5.74) is -1.11. The van der Waals surface area contributed by atoms with E-state index in [4.69, 9.17) is 24.4 Å². The maximum Gasteiger partial charge on any atom is 0.333 e. The molecule has 1 aliphatic rings. The zero-order chi connectivity index (χ0) is 46.4. The summed E-state index contributed by atoms with van der Waals surface area (Å²) in [5, 5.41) is 17.3. The van der Waals surface area contributed by atoms with E-state index in [-0.39, 0.29) is 62.9 Å². The highest BCUT2D eigenvalue weighted by Gasteiger charge is 2.43. The van der Waals surface area contributed by atoms with Crippen LogP contribution >= 0.6 is 15.9 Å². The van der Waals surface area contributed by atoms with E-state index in [1.54, 1.807) is 34.6 Å². The minimum Gasteiger partial charge on any atom is -0.748 e. The van der Waals surface area contributed by atoms with Gasteiger partial charge in [-0.05, 0) is 71.8 Å². The highest BCUT2D eigenvalue weighted by atomic mass is 79.9. The van der Waals surface area contributed by atoms with Gasteiger partial charge in [-0.3, -0.25) is 13.8 Å². The number of carbonyl (C=O) groups excluding carboxylic acids is 4. The number of nitrogens with zero attached hydrogens (tertiary/aromatic N) is 2. The van der Waals surface area contributed by atoms with Gasteiger partial charge in [0.2, 0.25) is 0 Å². The largest absolute Gasteiger partial charge is 0.748 e. The Kier molecular flexibility index (Phi) is 34.9. The van der Waals surface area contributed by atoms with Crippen molar-refractivity contribution in [1.82, 2.24) is 4.90 Å². The Morgan fingerprint density at radius 2 is 1.34 bits per heavy atom. The minimum absolute atomic E-state index is 0.0473. The van der Waals surface area contributed by atoms with Gasteiger partial charge in [0.15, 0.2) is 0 Å². The fraction of sp³-hybridized carbons (Fsp3) is 0.778. The maximum atomic E-state index is 12.6. The van der Waals surface area contributed by atoms with E-state index in [2.05, 4.69) is 44.6 Å². The SMILES string of the molecule is C=C(C)C(=O)OCCN(C)C.C=C(C)C(=O)OCCO.CC(C)(CC(C)(CBr)C(=O)OCCO)C(=O)OCC[N+](C)(C)CCCS(=O)(=O)[O-].C[SiH3].O=S1(=O)CCCO1. The van der Waals surface area contributed by atoms with Crippen LogP contribution in [0.4, 0.5) is 0 Å². The summed E-state index contributed by atoms with van der Waals surface area (Å²) in [4.78, 5) is 48.1. The molecule has 1 saturated heterocycles. The first-order valence-electron chi connectivity index (χ1n) is 18.6. The van der Waals surface area contributed by atoms with Gasteiger partial charge in [-0.15, -0.1) is 0 Å². The van der Waals surface area contributed by atoms with Crippen LogP contribution in [0.15, 0.2) is 24.3 Å². The van der Waals surface area contributed by atoms with Crippen molar-refractivity contribution in [3.05, 3.63) is 24.3 Å². The molecular weight excluding hydrogens is 889 g/mol. The molecule has 0 aliphatic carbocycles. The van der Waals surface area contributed by atoms with Crippen molar-refractivity contribution in [2.75, 3.05) is 111 Å². The van der Waals surface area contributed by atoms with E-state index in [1.165, 1.54) is 10.2 Å². The monoisotopic (exact) mass is 958 g/mol. The minimum atomic E-state index is -4.23. The molecule has 0 amide bonds. The Hall–Kier alpha value is -2.28. The molecule has 0 aromatic carbocycles. The highest BCUT2D eigenvalue weighted by molar-refractivity contribution is 9.09. The number of likely N-dealkylation sites (N-methyl/N-ethyl adjacent to an activating group) is 2. The Bertz CT molecular complexity index is 1450. The van der Waals surface area contributed by atoms with Gasteiger partial charge < -0.3 is 43.1 Å². The molecule has 1 rings (SSSR count). The van der Waals surface area contributed by atoms with Crippen LogP contribution in [0.1, 0.15) is 53.9 Å². The average molecular weight is 960 g/mol. The van der Waals surface area contributed by atoms with Crippen LogP contribution in [-0.2, 0) is 62.5 Å². The molecule has 0 spiro atoms. The topological polar surface area (TPSA) is 249 Å². The fourth-order valence-electron chi connectivity index (χ4n) is 4.08. The van der Waals surface area contributed by atoms with Crippen LogP contribution in [0.25, 0.3) is 0 Å². The number of alkyl halides is 1. The average Bonchev–Trinajstić information content (AvgIpc) is 3.53. The third-order valence-electron chi connectivity index (χ3n) is 7.18. The molecule has 22 heteroatoms. The second-order valence-corrected chi connectivity index (χ2v) is 18.4. The smallest absolute Gasteiger partial charge is 0.333 e. The second-order valence-electron chi connectivity index (χ2n) is 14.5. The highest BCUT2D eigenvalue weighted by Crippen LogP contribution is 2.37. The Balaban J connectivity index is -0.000000404. The van der Waals surface area contributed by atoms with Crippen molar-refractivity contribution in [2.24, 2.45) is 10.8 Å². The lowest BCUT2D eigenvalue weighted by Gasteiger charge is -2.34. The lowest BCUT2D eigenvalue weighted by molar-refractivity contribution is -0.890. The van der Waals surface area contributed by atoms with Gasteiger partial charge in [0.05, 0.1) is 67.2 Å². The number of carbonyl (C=O) groups is 4. The molecule has 1 fully saturated rings. The van der Waals surface area contributed by atoms with Crippen molar-refractivity contribution in [3.8, 4) is 0 Å². The summed E-state index contributed by atoms with van der Waals surface area (Å²) in [6, 6.07) is 0. The van der Waals surface area contributed by atoms with E-state index < -0.39 is 54.7 Å². The molecule has 18 nitrogen and oxygen atoms in total. The number of rotatable bonds is 21. The molecule has 0 aromatic heterocycles. The molecule has 1 heterocycles. The molecule has 0 radical (unpaired) electrons. The molecule has 1 aliphatic heterocycles. The Labute approximate surface area is 358 Å². The summed E-state index contributed by atoms with van der Waals surface area (Å²) in [6.07, 6.45) is 1.08. The maximum absolute atomic E-state index is 12.6. The van der Waals surface area contributed by atoms with Crippen LogP contribution in [-0.4, -0.2) is 186 Å². The first-order valence-corrected chi connectivity index (χ1v) is 24.8. The summed E-state index contributed by atoms with van der Waals surface area (Å²) >= 11 is 3.30. The first kappa shape index (κ1) is 62.4. The lowest BCUT2D eigenvalue weighted by Crippen LogP contribution is -2.45. The van der Waals surface area contributed by atoms with Crippen molar-refractivity contribution >= 4 is 70.3 Å². The lowest BCUT2D eigenvalue weighted by atomic mass is 9.75. The quantitative estimate of drug-likeness (QED) is 0.0236. The van der Waals surface area contributed by atoms with Gasteiger partial charge in [0.25, 0.3) is 10.1 Å². The van der Waals surface area contributed by atoms with Crippen LogP contribution in [0.2, 0.25) is 6.55 Å². The van der Waals surface area contributed by atoms with Crippen LogP contribution < -0.4 is 0 Å². The molecular formula is C36H71BrN2O16S2Si. The molecule has 0 saturated carbocycles. The predicted molar refractivity (Wildman–Crippen MR) is 228 cm³/mol. The van der Waals surface area contributed by atoms with Crippen LogP contribution in [0, 0.1) is 10.8 Å². The summed E-state index contributed by atoms with van der Waals surface area (Å²) in [7, 11) is 1.59. The van der Waals surface area contributed by atoms with Crippen molar-refractivity contribution < 1.29 is 78.4 Å². The van der Waals surface area contributed by atoms with Crippen LogP contribution in [0.3, 0.4) is 0 Å². The number of quaternary nitrogens is 1. The standard InChI is InChI=1S/C18H34BrNO8S.C8H15NO2.C6H10O3.C3H6O3S.CH6Si/c1-17(2,13-18(3,14-19)16(23)28-11-9-21)15(22)27-10-8-20(4,5)7-6-12-29(24,25)26;1-7(2)8(10)11-6-5-9(3)4;1-5(2)6(8)9-4-3-7;4-7(5)3-1-2-6-7;1-2/h21H,6-14H2,1-5H3;1,5-6H2,2-4H3;7H,1,3-4H2,2H3;1-3H2;1-2H3. The van der Waals surface area contributed by atoms with Gasteiger partial charge in [-0.1, -0.05) is 35.6 Å². The first-order chi connectivity index (χ1) is 26.5. The molecule has 0 aromatic rings. The number of hydrogen-bond acceptors (Lipinski definition) is 17. The summed E-state index contributed by atoms with van der Waals surface area (Å²) < 4.78 is 76.9. The predicted octanol–water partition coefficient (Wildman–Crippen LogP) is 0.796. The summed E-state index contributed by atoms with van der Waals surface area (Å²) in [6.45, 7) is 19.3. The number of aliphatic hydroxyl groups is 2. The fourth-order valence-corrected chi connectivity index (χ4v) is 5.95. The van der Waals surface area contributed by atoms with E-state index >= 15 is 0 Å².